The van der Waals surface area contributed by atoms with E-state index < -0.39 is 0 Å². The number of halogens is 1. The Morgan fingerprint density at radius 1 is 1.45 bits per heavy atom. The van der Waals surface area contributed by atoms with E-state index in [2.05, 4.69) is 27.6 Å². The van der Waals surface area contributed by atoms with Gasteiger partial charge in [0.05, 0.1) is 12.3 Å². The topological polar surface area (TPSA) is 53.4 Å². The fourth-order valence-corrected chi connectivity index (χ4v) is 2.64. The fraction of sp³-hybridized carbons (Fsp3) is 0.500. The van der Waals surface area contributed by atoms with E-state index in [1.165, 1.54) is 11.3 Å². The van der Waals surface area contributed by atoms with Crippen LogP contribution >= 0.6 is 33.9 Å². The van der Waals surface area contributed by atoms with E-state index in [9.17, 15) is 0 Å². The molecule has 1 aromatic rings. The molecule has 62 valence electrons. The van der Waals surface area contributed by atoms with Crippen LogP contribution < -0.4 is 0 Å². The Morgan fingerprint density at radius 3 is 2.73 bits per heavy atom. The zero-order valence-corrected chi connectivity index (χ0v) is 8.72. The zero-order valence-electron chi connectivity index (χ0n) is 5.75. The van der Waals surface area contributed by atoms with Gasteiger partial charge in [0.1, 0.15) is 0 Å². The molecule has 0 aromatic carbocycles. The first-order valence-corrected chi connectivity index (χ1v) is 5.03. The maximum absolute atomic E-state index is 8.82. The van der Waals surface area contributed by atoms with Crippen molar-refractivity contribution in [3.63, 3.8) is 0 Å². The number of thiazole rings is 1. The van der Waals surface area contributed by atoms with E-state index in [-0.39, 0.29) is 13.2 Å². The van der Waals surface area contributed by atoms with Crippen molar-refractivity contribution in [3.05, 3.63) is 13.6 Å². The van der Waals surface area contributed by atoms with Crippen molar-refractivity contribution in [3.8, 4) is 0 Å². The Hall–Kier alpha value is 0.280. The van der Waals surface area contributed by atoms with Gasteiger partial charge in [-0.15, -0.1) is 11.3 Å². The molecule has 0 amide bonds. The number of aliphatic hydroxyl groups excluding tert-OH is 2. The SMILES string of the molecule is OCCc1sc(I)nc1CO. The van der Waals surface area contributed by atoms with Gasteiger partial charge in [-0.2, -0.15) is 0 Å². The maximum Gasteiger partial charge on any atom is 0.154 e. The number of hydrogen-bond acceptors (Lipinski definition) is 4. The van der Waals surface area contributed by atoms with Crippen LogP contribution in [0.3, 0.4) is 0 Å². The molecule has 0 aliphatic heterocycles. The highest BCUT2D eigenvalue weighted by Crippen LogP contribution is 2.20. The summed E-state index contributed by atoms with van der Waals surface area (Å²) in [5.74, 6) is 0. The molecule has 11 heavy (non-hydrogen) atoms. The van der Waals surface area contributed by atoms with E-state index in [1.54, 1.807) is 0 Å². The Morgan fingerprint density at radius 2 is 2.18 bits per heavy atom. The van der Waals surface area contributed by atoms with Gasteiger partial charge in [0.2, 0.25) is 0 Å². The first kappa shape index (κ1) is 9.37. The first-order chi connectivity index (χ1) is 5.27. The molecular weight excluding hydrogens is 277 g/mol. The molecule has 2 N–H and O–H groups in total. The predicted octanol–water partition coefficient (Wildman–Crippen LogP) is 0.775. The largest absolute Gasteiger partial charge is 0.396 e. The van der Waals surface area contributed by atoms with Gasteiger partial charge >= 0.3 is 0 Å². The summed E-state index contributed by atoms with van der Waals surface area (Å²) in [6, 6.07) is 0. The molecule has 0 saturated carbocycles. The number of aromatic nitrogens is 1. The smallest absolute Gasteiger partial charge is 0.154 e. The molecule has 0 bridgehead atoms. The summed E-state index contributed by atoms with van der Waals surface area (Å²) in [6.45, 7) is 0.0834. The minimum absolute atomic E-state index is 0.0329. The van der Waals surface area contributed by atoms with Crippen LogP contribution in [0.15, 0.2) is 0 Å². The minimum Gasteiger partial charge on any atom is -0.396 e. The van der Waals surface area contributed by atoms with Gasteiger partial charge < -0.3 is 10.2 Å². The Kier molecular flexibility index (Phi) is 3.70. The van der Waals surface area contributed by atoms with Crippen LogP contribution in [-0.2, 0) is 13.0 Å². The second-order valence-corrected chi connectivity index (χ2v) is 4.81. The quantitative estimate of drug-likeness (QED) is 0.807. The third-order valence-electron chi connectivity index (χ3n) is 1.24. The molecule has 5 heteroatoms. The van der Waals surface area contributed by atoms with Gasteiger partial charge in [0.25, 0.3) is 0 Å². The van der Waals surface area contributed by atoms with Crippen molar-refractivity contribution in [1.29, 1.82) is 0 Å². The van der Waals surface area contributed by atoms with E-state index in [4.69, 9.17) is 10.2 Å². The average molecular weight is 285 g/mol. The lowest BCUT2D eigenvalue weighted by Crippen LogP contribution is -1.93. The molecule has 0 atom stereocenters. The third kappa shape index (κ3) is 2.36. The van der Waals surface area contributed by atoms with Crippen LogP contribution in [-0.4, -0.2) is 21.8 Å². The summed E-state index contributed by atoms with van der Waals surface area (Å²) in [5.41, 5.74) is 0.702. The van der Waals surface area contributed by atoms with Crippen molar-refractivity contribution in [2.75, 3.05) is 6.61 Å². The van der Waals surface area contributed by atoms with E-state index in [1.807, 2.05) is 0 Å². The molecule has 1 rings (SSSR count). The van der Waals surface area contributed by atoms with Gasteiger partial charge in [-0.05, 0) is 22.6 Å². The van der Waals surface area contributed by atoms with Gasteiger partial charge in [-0.3, -0.25) is 0 Å². The van der Waals surface area contributed by atoms with Gasteiger partial charge in [0.15, 0.2) is 3.01 Å². The molecule has 0 radical (unpaired) electrons. The van der Waals surface area contributed by atoms with Crippen molar-refractivity contribution >= 4 is 33.9 Å². The van der Waals surface area contributed by atoms with Gasteiger partial charge in [-0.1, -0.05) is 0 Å². The molecule has 0 aliphatic carbocycles. The number of aliphatic hydroxyl groups is 2. The average Bonchev–Trinajstić information content (AvgIpc) is 2.32. The fourth-order valence-electron chi connectivity index (χ4n) is 0.772. The molecule has 0 fully saturated rings. The van der Waals surface area contributed by atoms with Crippen LogP contribution in [0.25, 0.3) is 0 Å². The van der Waals surface area contributed by atoms with Crippen LogP contribution in [0.2, 0.25) is 0 Å². The van der Waals surface area contributed by atoms with E-state index in [0.717, 1.165) is 7.89 Å². The zero-order chi connectivity index (χ0) is 8.27. The van der Waals surface area contributed by atoms with Gasteiger partial charge in [-0.25, -0.2) is 4.98 Å². The minimum atomic E-state index is -0.0329. The molecule has 0 saturated heterocycles. The molecule has 1 heterocycles. The molecular formula is C6H8INO2S. The summed E-state index contributed by atoms with van der Waals surface area (Å²) < 4.78 is 0.912. The predicted molar refractivity (Wildman–Crippen MR) is 51.5 cm³/mol. The summed E-state index contributed by atoms with van der Waals surface area (Å²) in [7, 11) is 0. The van der Waals surface area contributed by atoms with Crippen LogP contribution in [0.1, 0.15) is 10.6 Å². The highest BCUT2D eigenvalue weighted by molar-refractivity contribution is 14.1. The monoisotopic (exact) mass is 285 g/mol. The lowest BCUT2D eigenvalue weighted by Gasteiger charge is -1.93. The first-order valence-electron chi connectivity index (χ1n) is 3.13. The van der Waals surface area contributed by atoms with Gasteiger partial charge in [0, 0.05) is 17.9 Å². The molecule has 0 unspecified atom stereocenters. The Balaban J connectivity index is 2.83. The normalized spacial score (nSPS) is 10.5. The number of nitrogens with zero attached hydrogens (tertiary/aromatic N) is 1. The Labute approximate surface area is 82.2 Å². The number of rotatable bonds is 3. The second-order valence-electron chi connectivity index (χ2n) is 1.97. The molecule has 3 nitrogen and oxygen atoms in total. The standard InChI is InChI=1S/C6H8INO2S/c7-6-8-4(3-10)5(11-6)1-2-9/h9-10H,1-3H2. The summed E-state index contributed by atoms with van der Waals surface area (Å²) in [5, 5.41) is 17.5. The van der Waals surface area contributed by atoms with Crippen molar-refractivity contribution in [2.45, 2.75) is 13.0 Å². The van der Waals surface area contributed by atoms with Crippen molar-refractivity contribution in [1.82, 2.24) is 4.98 Å². The van der Waals surface area contributed by atoms with Crippen molar-refractivity contribution in [2.24, 2.45) is 0 Å². The second kappa shape index (κ2) is 4.34. The van der Waals surface area contributed by atoms with Crippen LogP contribution in [0.5, 0.6) is 0 Å². The Bertz CT molecular complexity index is 238. The highest BCUT2D eigenvalue weighted by Gasteiger charge is 2.07. The van der Waals surface area contributed by atoms with Crippen LogP contribution in [0.4, 0.5) is 0 Å². The number of hydrogen-bond donors (Lipinski definition) is 2. The summed E-state index contributed by atoms with van der Waals surface area (Å²) in [4.78, 5) is 5.08. The summed E-state index contributed by atoms with van der Waals surface area (Å²) >= 11 is 3.62. The summed E-state index contributed by atoms with van der Waals surface area (Å²) in [6.07, 6.45) is 0.594. The lowest BCUT2D eigenvalue weighted by atomic mass is 10.3. The third-order valence-corrected chi connectivity index (χ3v) is 3.09. The lowest BCUT2D eigenvalue weighted by molar-refractivity contribution is 0.272. The molecule has 1 aromatic heterocycles. The highest BCUT2D eigenvalue weighted by atomic mass is 127. The van der Waals surface area contributed by atoms with Crippen molar-refractivity contribution < 1.29 is 10.2 Å². The van der Waals surface area contributed by atoms with E-state index >= 15 is 0 Å². The molecule has 0 aliphatic rings. The van der Waals surface area contributed by atoms with Crippen LogP contribution in [0, 0.1) is 3.01 Å². The van der Waals surface area contributed by atoms with E-state index in [0.29, 0.717) is 12.1 Å². The maximum atomic E-state index is 8.82. The molecule has 0 spiro atoms.